The second-order valence-corrected chi connectivity index (χ2v) is 6.60. The Labute approximate surface area is 152 Å². The number of likely N-dealkylation sites (tertiary alicyclic amines) is 1. The molecule has 2 heterocycles. The molecule has 4 rings (SSSR count). The second kappa shape index (κ2) is 7.49. The SMILES string of the molecule is O=C(N[C@H]1CCN(Cc2ccccc2)C1)c1ccc(-n2cnnc2)cc1. The second-order valence-electron chi connectivity index (χ2n) is 6.60. The smallest absolute Gasteiger partial charge is 0.251 e. The summed E-state index contributed by atoms with van der Waals surface area (Å²) in [5, 5.41) is 10.7. The summed E-state index contributed by atoms with van der Waals surface area (Å²) in [4.78, 5) is 14.9. The van der Waals surface area contributed by atoms with Crippen molar-refractivity contribution >= 4 is 5.91 Å². The van der Waals surface area contributed by atoms with E-state index in [1.165, 1.54) is 5.56 Å². The van der Waals surface area contributed by atoms with Gasteiger partial charge in [-0.05, 0) is 36.2 Å². The molecule has 2 aromatic carbocycles. The minimum Gasteiger partial charge on any atom is -0.348 e. The van der Waals surface area contributed by atoms with Gasteiger partial charge in [0.2, 0.25) is 0 Å². The van der Waals surface area contributed by atoms with Gasteiger partial charge in [0.1, 0.15) is 12.7 Å². The number of hydrogen-bond donors (Lipinski definition) is 1. The first-order valence-corrected chi connectivity index (χ1v) is 8.80. The van der Waals surface area contributed by atoms with Gasteiger partial charge in [0.15, 0.2) is 0 Å². The number of amides is 1. The van der Waals surface area contributed by atoms with Crippen LogP contribution >= 0.6 is 0 Å². The van der Waals surface area contributed by atoms with Crippen molar-refractivity contribution in [2.45, 2.75) is 19.0 Å². The molecule has 132 valence electrons. The molecule has 1 aliphatic heterocycles. The highest BCUT2D eigenvalue weighted by Crippen LogP contribution is 2.15. The van der Waals surface area contributed by atoms with E-state index in [0.717, 1.165) is 31.7 Å². The molecule has 1 saturated heterocycles. The van der Waals surface area contributed by atoms with Crippen molar-refractivity contribution in [1.82, 2.24) is 25.0 Å². The maximum absolute atomic E-state index is 12.5. The van der Waals surface area contributed by atoms with Crippen LogP contribution in [-0.4, -0.2) is 44.7 Å². The Kier molecular flexibility index (Phi) is 4.75. The number of nitrogens with one attached hydrogen (secondary N) is 1. The Hall–Kier alpha value is -2.99. The van der Waals surface area contributed by atoms with Crippen LogP contribution in [0, 0.1) is 0 Å². The average Bonchev–Trinajstić information content (AvgIpc) is 3.35. The fraction of sp³-hybridized carbons (Fsp3) is 0.250. The molecule has 0 bridgehead atoms. The van der Waals surface area contributed by atoms with Crippen LogP contribution in [0.5, 0.6) is 0 Å². The Morgan fingerprint density at radius 2 is 1.77 bits per heavy atom. The van der Waals surface area contributed by atoms with E-state index in [2.05, 4.69) is 44.7 Å². The Balaban J connectivity index is 1.32. The standard InChI is InChI=1S/C20H21N5O/c26-20(17-6-8-19(9-7-17)25-14-21-22-15-25)23-18-10-11-24(13-18)12-16-4-2-1-3-5-16/h1-9,14-15,18H,10-13H2,(H,23,26)/t18-/m0/s1. The van der Waals surface area contributed by atoms with Gasteiger partial charge in [0, 0.05) is 36.9 Å². The first kappa shape index (κ1) is 16.5. The minimum atomic E-state index is -0.0214. The van der Waals surface area contributed by atoms with E-state index < -0.39 is 0 Å². The molecular weight excluding hydrogens is 326 g/mol. The van der Waals surface area contributed by atoms with E-state index in [1.807, 2.05) is 30.3 Å². The number of aromatic nitrogens is 3. The number of nitrogens with zero attached hydrogens (tertiary/aromatic N) is 4. The molecule has 6 heteroatoms. The lowest BCUT2D eigenvalue weighted by Gasteiger charge is -2.17. The summed E-state index contributed by atoms with van der Waals surface area (Å²) < 4.78 is 1.81. The van der Waals surface area contributed by atoms with Crippen LogP contribution in [-0.2, 0) is 6.54 Å². The van der Waals surface area contributed by atoms with Gasteiger partial charge in [0.05, 0.1) is 0 Å². The molecule has 0 saturated carbocycles. The molecule has 1 amide bonds. The molecule has 0 aliphatic carbocycles. The topological polar surface area (TPSA) is 63.1 Å². The normalized spacial score (nSPS) is 17.3. The van der Waals surface area contributed by atoms with Crippen LogP contribution in [0.25, 0.3) is 5.69 Å². The molecule has 0 spiro atoms. The molecule has 1 atom stereocenters. The first-order valence-electron chi connectivity index (χ1n) is 8.80. The van der Waals surface area contributed by atoms with Gasteiger partial charge in [-0.3, -0.25) is 14.3 Å². The molecule has 1 N–H and O–H groups in total. The zero-order valence-electron chi connectivity index (χ0n) is 14.5. The summed E-state index contributed by atoms with van der Waals surface area (Å²) in [6.07, 6.45) is 4.25. The molecule has 6 nitrogen and oxygen atoms in total. The molecule has 1 aromatic heterocycles. The van der Waals surface area contributed by atoms with Gasteiger partial charge in [0.25, 0.3) is 5.91 Å². The number of hydrogen-bond acceptors (Lipinski definition) is 4. The van der Waals surface area contributed by atoms with E-state index in [9.17, 15) is 4.79 Å². The molecule has 26 heavy (non-hydrogen) atoms. The monoisotopic (exact) mass is 347 g/mol. The van der Waals surface area contributed by atoms with E-state index in [4.69, 9.17) is 0 Å². The highest BCUT2D eigenvalue weighted by atomic mass is 16.1. The third-order valence-corrected chi connectivity index (χ3v) is 4.70. The van der Waals surface area contributed by atoms with Crippen molar-refractivity contribution < 1.29 is 4.79 Å². The maximum atomic E-state index is 12.5. The highest BCUT2D eigenvalue weighted by molar-refractivity contribution is 5.94. The third-order valence-electron chi connectivity index (χ3n) is 4.70. The van der Waals surface area contributed by atoms with Gasteiger partial charge in [-0.1, -0.05) is 30.3 Å². The van der Waals surface area contributed by atoms with Gasteiger partial charge < -0.3 is 5.32 Å². The zero-order chi connectivity index (χ0) is 17.8. The van der Waals surface area contributed by atoms with Crippen LogP contribution in [0.1, 0.15) is 22.3 Å². The lowest BCUT2D eigenvalue weighted by molar-refractivity contribution is 0.0937. The summed E-state index contributed by atoms with van der Waals surface area (Å²) in [7, 11) is 0. The van der Waals surface area contributed by atoms with Crippen molar-refractivity contribution in [1.29, 1.82) is 0 Å². The highest BCUT2D eigenvalue weighted by Gasteiger charge is 2.24. The molecular formula is C20H21N5O. The summed E-state index contributed by atoms with van der Waals surface area (Å²) in [5.41, 5.74) is 2.91. The summed E-state index contributed by atoms with van der Waals surface area (Å²) in [6.45, 7) is 2.83. The van der Waals surface area contributed by atoms with Crippen LogP contribution in [0.2, 0.25) is 0 Å². The Morgan fingerprint density at radius 1 is 1.04 bits per heavy atom. The fourth-order valence-electron chi connectivity index (χ4n) is 3.32. The van der Waals surface area contributed by atoms with Gasteiger partial charge in [-0.25, -0.2) is 0 Å². The number of rotatable bonds is 5. The molecule has 1 aliphatic rings. The number of carbonyl (C=O) groups excluding carboxylic acids is 1. The zero-order valence-corrected chi connectivity index (χ0v) is 14.5. The minimum absolute atomic E-state index is 0.0214. The molecule has 0 unspecified atom stereocenters. The van der Waals surface area contributed by atoms with Gasteiger partial charge >= 0.3 is 0 Å². The van der Waals surface area contributed by atoms with Crippen LogP contribution in [0.3, 0.4) is 0 Å². The van der Waals surface area contributed by atoms with E-state index in [0.29, 0.717) is 5.56 Å². The first-order chi connectivity index (χ1) is 12.8. The lowest BCUT2D eigenvalue weighted by Crippen LogP contribution is -2.36. The van der Waals surface area contributed by atoms with Crippen molar-refractivity contribution in [2.24, 2.45) is 0 Å². The van der Waals surface area contributed by atoms with Crippen LogP contribution in [0.4, 0.5) is 0 Å². The molecule has 3 aromatic rings. The summed E-state index contributed by atoms with van der Waals surface area (Å²) in [6, 6.07) is 18.1. The predicted molar refractivity (Wildman–Crippen MR) is 98.9 cm³/mol. The van der Waals surface area contributed by atoms with E-state index in [-0.39, 0.29) is 11.9 Å². The Bertz CT molecular complexity index is 846. The van der Waals surface area contributed by atoms with Crippen molar-refractivity contribution in [3.63, 3.8) is 0 Å². The number of benzene rings is 2. The van der Waals surface area contributed by atoms with Crippen molar-refractivity contribution in [3.8, 4) is 5.69 Å². The van der Waals surface area contributed by atoms with Crippen LogP contribution < -0.4 is 5.32 Å². The molecule has 1 fully saturated rings. The summed E-state index contributed by atoms with van der Waals surface area (Å²) in [5.74, 6) is -0.0214. The maximum Gasteiger partial charge on any atom is 0.251 e. The molecule has 0 radical (unpaired) electrons. The number of carbonyl (C=O) groups is 1. The van der Waals surface area contributed by atoms with Gasteiger partial charge in [-0.2, -0.15) is 0 Å². The average molecular weight is 347 g/mol. The quantitative estimate of drug-likeness (QED) is 0.769. The van der Waals surface area contributed by atoms with Crippen LogP contribution in [0.15, 0.2) is 67.3 Å². The fourth-order valence-corrected chi connectivity index (χ4v) is 3.32. The van der Waals surface area contributed by atoms with Gasteiger partial charge in [-0.15, -0.1) is 10.2 Å². The largest absolute Gasteiger partial charge is 0.348 e. The summed E-state index contributed by atoms with van der Waals surface area (Å²) >= 11 is 0. The van der Waals surface area contributed by atoms with E-state index in [1.54, 1.807) is 17.2 Å². The third kappa shape index (κ3) is 3.81. The van der Waals surface area contributed by atoms with E-state index >= 15 is 0 Å². The predicted octanol–water partition coefficient (Wildman–Crippen LogP) is 2.27. The van der Waals surface area contributed by atoms with Crippen molar-refractivity contribution in [3.05, 3.63) is 78.4 Å². The Morgan fingerprint density at radius 3 is 2.50 bits per heavy atom. The lowest BCUT2D eigenvalue weighted by atomic mass is 10.1. The van der Waals surface area contributed by atoms with Crippen molar-refractivity contribution in [2.75, 3.05) is 13.1 Å².